The van der Waals surface area contributed by atoms with Gasteiger partial charge in [0, 0.05) is 30.5 Å². The molecule has 2 aromatic rings. The molecular formula is C23H32N4O. The summed E-state index contributed by atoms with van der Waals surface area (Å²) in [4.78, 5) is 19.2. The maximum atomic E-state index is 12.4. The molecular weight excluding hydrogens is 348 g/mol. The summed E-state index contributed by atoms with van der Waals surface area (Å²) in [5.74, 6) is 1.91. The van der Waals surface area contributed by atoms with Crippen LogP contribution in [0.2, 0.25) is 0 Å². The van der Waals surface area contributed by atoms with Crippen molar-refractivity contribution >= 4 is 5.91 Å². The van der Waals surface area contributed by atoms with Gasteiger partial charge in [0.1, 0.15) is 5.82 Å². The standard InChI is InChI=1S/C23H32N4O/c28-22(25-21-9-5-2-6-10-21)18-26-14-11-19(12-15-26)17-27-16-13-24-23(27)20-7-3-1-4-8-20/h1,3-4,7-8,13,16,19,21H,2,5-6,9-12,14-15,17-18H2,(H,25,28). The second-order valence-corrected chi connectivity index (χ2v) is 8.39. The van der Waals surface area contributed by atoms with Gasteiger partial charge in [-0.15, -0.1) is 0 Å². The normalized spacial score (nSPS) is 19.6. The molecule has 1 saturated carbocycles. The van der Waals surface area contributed by atoms with E-state index in [9.17, 15) is 4.79 Å². The lowest BCUT2D eigenvalue weighted by atomic mass is 9.95. The maximum Gasteiger partial charge on any atom is 0.234 e. The van der Waals surface area contributed by atoms with Crippen molar-refractivity contribution in [1.29, 1.82) is 0 Å². The summed E-state index contributed by atoms with van der Waals surface area (Å²) in [7, 11) is 0. The molecule has 0 unspecified atom stereocenters. The zero-order valence-corrected chi connectivity index (χ0v) is 16.7. The van der Waals surface area contributed by atoms with Crippen LogP contribution in [-0.2, 0) is 11.3 Å². The lowest BCUT2D eigenvalue weighted by molar-refractivity contribution is -0.123. The fourth-order valence-electron chi connectivity index (χ4n) is 4.63. The molecule has 1 aromatic heterocycles. The third kappa shape index (κ3) is 5.02. The Hall–Kier alpha value is -2.14. The quantitative estimate of drug-likeness (QED) is 0.831. The van der Waals surface area contributed by atoms with Crippen molar-refractivity contribution in [2.75, 3.05) is 19.6 Å². The average molecular weight is 381 g/mol. The highest BCUT2D eigenvalue weighted by Crippen LogP contribution is 2.23. The van der Waals surface area contributed by atoms with E-state index in [1.54, 1.807) is 0 Å². The number of nitrogens with zero attached hydrogens (tertiary/aromatic N) is 3. The minimum Gasteiger partial charge on any atom is -0.352 e. The molecule has 1 N–H and O–H groups in total. The second kappa shape index (κ2) is 9.37. The number of aromatic nitrogens is 2. The summed E-state index contributed by atoms with van der Waals surface area (Å²) >= 11 is 0. The molecule has 5 nitrogen and oxygen atoms in total. The minimum absolute atomic E-state index is 0.214. The van der Waals surface area contributed by atoms with Crippen molar-refractivity contribution < 1.29 is 4.79 Å². The molecule has 1 saturated heterocycles. The van der Waals surface area contributed by atoms with Crippen LogP contribution < -0.4 is 5.32 Å². The van der Waals surface area contributed by atoms with Gasteiger partial charge in [-0.2, -0.15) is 0 Å². The number of likely N-dealkylation sites (tertiary alicyclic amines) is 1. The predicted molar refractivity (Wildman–Crippen MR) is 112 cm³/mol. The Labute approximate surface area is 168 Å². The Bertz CT molecular complexity index is 743. The van der Waals surface area contributed by atoms with Crippen molar-refractivity contribution in [3.63, 3.8) is 0 Å². The molecule has 0 bridgehead atoms. The molecule has 2 aliphatic rings. The van der Waals surface area contributed by atoms with Gasteiger partial charge in [-0.1, -0.05) is 49.6 Å². The number of piperidine rings is 1. The molecule has 4 rings (SSSR count). The van der Waals surface area contributed by atoms with Gasteiger partial charge in [0.25, 0.3) is 0 Å². The first kappa shape index (κ1) is 19.2. The number of imidazole rings is 1. The maximum absolute atomic E-state index is 12.4. The molecule has 0 atom stereocenters. The minimum atomic E-state index is 0.214. The number of amides is 1. The van der Waals surface area contributed by atoms with E-state index in [-0.39, 0.29) is 5.91 Å². The number of benzene rings is 1. The third-order valence-corrected chi connectivity index (χ3v) is 6.25. The van der Waals surface area contributed by atoms with Gasteiger partial charge in [0.2, 0.25) is 5.91 Å². The van der Waals surface area contributed by atoms with Crippen LogP contribution in [0, 0.1) is 5.92 Å². The van der Waals surface area contributed by atoms with Crippen LogP contribution in [0.15, 0.2) is 42.7 Å². The Morgan fingerprint density at radius 2 is 1.79 bits per heavy atom. The van der Waals surface area contributed by atoms with Crippen molar-refractivity contribution in [1.82, 2.24) is 19.8 Å². The number of carbonyl (C=O) groups is 1. The smallest absolute Gasteiger partial charge is 0.234 e. The Kier molecular flexibility index (Phi) is 6.42. The highest BCUT2D eigenvalue weighted by molar-refractivity contribution is 5.78. The summed E-state index contributed by atoms with van der Waals surface area (Å²) in [6.45, 7) is 3.59. The molecule has 150 valence electrons. The summed E-state index contributed by atoms with van der Waals surface area (Å²) in [5.41, 5.74) is 1.17. The molecule has 2 heterocycles. The fraction of sp³-hybridized carbons (Fsp3) is 0.565. The fourth-order valence-corrected chi connectivity index (χ4v) is 4.63. The SMILES string of the molecule is O=C(CN1CCC(Cn2ccnc2-c2ccccc2)CC1)NC1CCCCC1. The Morgan fingerprint density at radius 1 is 1.04 bits per heavy atom. The van der Waals surface area contributed by atoms with E-state index in [0.717, 1.165) is 51.1 Å². The molecule has 5 heteroatoms. The molecule has 2 fully saturated rings. The molecule has 1 aliphatic heterocycles. The summed E-state index contributed by atoms with van der Waals surface area (Å²) < 4.78 is 2.28. The van der Waals surface area contributed by atoms with Gasteiger partial charge < -0.3 is 9.88 Å². The van der Waals surface area contributed by atoms with Crippen LogP contribution in [0.3, 0.4) is 0 Å². The van der Waals surface area contributed by atoms with Crippen LogP contribution in [0.4, 0.5) is 0 Å². The molecule has 28 heavy (non-hydrogen) atoms. The summed E-state index contributed by atoms with van der Waals surface area (Å²) in [6, 6.07) is 10.8. The van der Waals surface area contributed by atoms with E-state index in [0.29, 0.717) is 18.5 Å². The summed E-state index contributed by atoms with van der Waals surface area (Å²) in [5, 5.41) is 3.25. The number of hydrogen-bond donors (Lipinski definition) is 1. The largest absolute Gasteiger partial charge is 0.352 e. The van der Waals surface area contributed by atoms with Gasteiger partial charge >= 0.3 is 0 Å². The first-order chi connectivity index (χ1) is 13.8. The van der Waals surface area contributed by atoms with Crippen LogP contribution in [-0.4, -0.2) is 46.0 Å². The van der Waals surface area contributed by atoms with Gasteiger partial charge in [-0.3, -0.25) is 9.69 Å². The third-order valence-electron chi connectivity index (χ3n) is 6.25. The monoisotopic (exact) mass is 380 g/mol. The van der Waals surface area contributed by atoms with Gasteiger partial charge in [0.05, 0.1) is 6.54 Å². The highest BCUT2D eigenvalue weighted by atomic mass is 16.2. The van der Waals surface area contributed by atoms with Crippen molar-refractivity contribution in [2.24, 2.45) is 5.92 Å². The first-order valence-corrected chi connectivity index (χ1v) is 10.9. The molecule has 0 spiro atoms. The van der Waals surface area contributed by atoms with Gasteiger partial charge in [0.15, 0.2) is 0 Å². The lowest BCUT2D eigenvalue weighted by Gasteiger charge is -2.32. The van der Waals surface area contributed by atoms with Crippen LogP contribution in [0.1, 0.15) is 44.9 Å². The summed E-state index contributed by atoms with van der Waals surface area (Å²) in [6.07, 6.45) is 12.4. The second-order valence-electron chi connectivity index (χ2n) is 8.39. The van der Waals surface area contributed by atoms with E-state index in [4.69, 9.17) is 0 Å². The average Bonchev–Trinajstić information content (AvgIpc) is 3.19. The van der Waals surface area contributed by atoms with E-state index < -0.39 is 0 Å². The topological polar surface area (TPSA) is 50.2 Å². The van der Waals surface area contributed by atoms with Crippen LogP contribution in [0.25, 0.3) is 11.4 Å². The molecule has 0 radical (unpaired) electrons. The number of nitrogens with one attached hydrogen (secondary N) is 1. The number of hydrogen-bond acceptors (Lipinski definition) is 3. The Morgan fingerprint density at radius 3 is 2.54 bits per heavy atom. The number of rotatable bonds is 6. The van der Waals surface area contributed by atoms with E-state index >= 15 is 0 Å². The van der Waals surface area contributed by atoms with Crippen LogP contribution in [0.5, 0.6) is 0 Å². The van der Waals surface area contributed by atoms with Crippen molar-refractivity contribution in [2.45, 2.75) is 57.5 Å². The number of carbonyl (C=O) groups excluding carboxylic acids is 1. The zero-order chi connectivity index (χ0) is 19.2. The first-order valence-electron chi connectivity index (χ1n) is 10.9. The van der Waals surface area contributed by atoms with Crippen molar-refractivity contribution in [3.05, 3.63) is 42.7 Å². The molecule has 1 aromatic carbocycles. The zero-order valence-electron chi connectivity index (χ0n) is 16.7. The molecule has 1 aliphatic carbocycles. The van der Waals surface area contributed by atoms with Gasteiger partial charge in [-0.05, 0) is 44.7 Å². The van der Waals surface area contributed by atoms with E-state index in [1.807, 2.05) is 12.3 Å². The Balaban J connectivity index is 1.24. The van der Waals surface area contributed by atoms with Crippen LogP contribution >= 0.6 is 0 Å². The molecule has 1 amide bonds. The highest BCUT2D eigenvalue weighted by Gasteiger charge is 2.23. The lowest BCUT2D eigenvalue weighted by Crippen LogP contribution is -2.45. The van der Waals surface area contributed by atoms with Gasteiger partial charge in [-0.25, -0.2) is 4.98 Å². The van der Waals surface area contributed by atoms with E-state index in [1.165, 1.54) is 24.8 Å². The van der Waals surface area contributed by atoms with E-state index in [2.05, 4.69) is 50.2 Å². The van der Waals surface area contributed by atoms with Crippen molar-refractivity contribution in [3.8, 4) is 11.4 Å². The predicted octanol–water partition coefficient (Wildman–Crippen LogP) is 3.71.